The first-order valence-electron chi connectivity index (χ1n) is 4.54. The summed E-state index contributed by atoms with van der Waals surface area (Å²) in [6, 6.07) is 6.30. The molecule has 0 aliphatic heterocycles. The zero-order valence-corrected chi connectivity index (χ0v) is 9.01. The summed E-state index contributed by atoms with van der Waals surface area (Å²) < 4.78 is 13.0. The lowest BCUT2D eigenvalue weighted by Crippen LogP contribution is -1.81. The standard InChI is InChI=1S/C11H10FNOS/c1-7-10(6-14)15-11(13-7)8-3-2-4-9(12)5-8/h2-5,14H,6H2,1H3. The van der Waals surface area contributed by atoms with Gasteiger partial charge in [0.05, 0.1) is 17.2 Å². The maximum atomic E-state index is 13.0. The maximum Gasteiger partial charge on any atom is 0.124 e. The Kier molecular flexibility index (Phi) is 2.79. The molecule has 0 spiro atoms. The Morgan fingerprint density at radius 3 is 2.87 bits per heavy atom. The van der Waals surface area contributed by atoms with Crippen molar-refractivity contribution in [2.75, 3.05) is 0 Å². The van der Waals surface area contributed by atoms with Crippen molar-refractivity contribution in [2.45, 2.75) is 13.5 Å². The van der Waals surface area contributed by atoms with Crippen LogP contribution in [-0.4, -0.2) is 10.1 Å². The summed E-state index contributed by atoms with van der Waals surface area (Å²) in [5, 5.41) is 9.78. The van der Waals surface area contributed by atoms with Crippen LogP contribution < -0.4 is 0 Å². The van der Waals surface area contributed by atoms with Crippen LogP contribution in [0.4, 0.5) is 4.39 Å². The van der Waals surface area contributed by atoms with E-state index in [1.165, 1.54) is 23.5 Å². The van der Waals surface area contributed by atoms with E-state index in [2.05, 4.69) is 4.98 Å². The number of aliphatic hydroxyl groups excluding tert-OH is 1. The molecule has 1 aromatic carbocycles. The van der Waals surface area contributed by atoms with Gasteiger partial charge in [0.1, 0.15) is 10.8 Å². The molecule has 4 heteroatoms. The summed E-state index contributed by atoms with van der Waals surface area (Å²) in [6.07, 6.45) is 0. The van der Waals surface area contributed by atoms with Gasteiger partial charge in [-0.15, -0.1) is 11.3 Å². The molecule has 0 unspecified atom stereocenters. The Bertz CT molecular complexity index is 481. The second kappa shape index (κ2) is 4.08. The SMILES string of the molecule is Cc1nc(-c2cccc(F)c2)sc1CO. The highest BCUT2D eigenvalue weighted by atomic mass is 32.1. The highest BCUT2D eigenvalue weighted by molar-refractivity contribution is 7.15. The Morgan fingerprint density at radius 1 is 1.47 bits per heavy atom. The summed E-state index contributed by atoms with van der Waals surface area (Å²) >= 11 is 1.39. The van der Waals surface area contributed by atoms with Gasteiger partial charge in [0.2, 0.25) is 0 Å². The summed E-state index contributed by atoms with van der Waals surface area (Å²) in [5.41, 5.74) is 1.56. The smallest absolute Gasteiger partial charge is 0.124 e. The summed E-state index contributed by atoms with van der Waals surface area (Å²) in [7, 11) is 0. The van der Waals surface area contributed by atoms with E-state index in [-0.39, 0.29) is 12.4 Å². The molecule has 0 bridgehead atoms. The largest absolute Gasteiger partial charge is 0.391 e. The Hall–Kier alpha value is -1.26. The number of hydrogen-bond acceptors (Lipinski definition) is 3. The molecule has 0 fully saturated rings. The minimum Gasteiger partial charge on any atom is -0.391 e. The van der Waals surface area contributed by atoms with Crippen molar-refractivity contribution in [2.24, 2.45) is 0 Å². The van der Waals surface area contributed by atoms with Crippen molar-refractivity contribution in [1.29, 1.82) is 0 Å². The lowest BCUT2D eigenvalue weighted by atomic mass is 10.2. The number of aromatic nitrogens is 1. The number of nitrogens with zero attached hydrogens (tertiary/aromatic N) is 1. The van der Waals surface area contributed by atoms with Crippen molar-refractivity contribution in [3.05, 3.63) is 40.7 Å². The first kappa shape index (κ1) is 10.3. The second-order valence-electron chi connectivity index (χ2n) is 3.20. The van der Waals surface area contributed by atoms with Gasteiger partial charge in [-0.25, -0.2) is 9.37 Å². The van der Waals surface area contributed by atoms with Gasteiger partial charge in [-0.2, -0.15) is 0 Å². The number of hydrogen-bond donors (Lipinski definition) is 1. The average molecular weight is 223 g/mol. The van der Waals surface area contributed by atoms with Crippen LogP contribution >= 0.6 is 11.3 Å². The molecule has 0 amide bonds. The monoisotopic (exact) mass is 223 g/mol. The van der Waals surface area contributed by atoms with Crippen molar-refractivity contribution < 1.29 is 9.50 Å². The van der Waals surface area contributed by atoms with Gasteiger partial charge in [-0.1, -0.05) is 12.1 Å². The highest BCUT2D eigenvalue weighted by Crippen LogP contribution is 2.28. The van der Waals surface area contributed by atoms with Crippen LogP contribution in [0.15, 0.2) is 24.3 Å². The molecule has 1 aromatic heterocycles. The quantitative estimate of drug-likeness (QED) is 0.849. The zero-order valence-electron chi connectivity index (χ0n) is 8.20. The van der Waals surface area contributed by atoms with Crippen LogP contribution in [0.1, 0.15) is 10.6 Å². The molecule has 0 saturated carbocycles. The fourth-order valence-electron chi connectivity index (χ4n) is 1.32. The van der Waals surface area contributed by atoms with E-state index < -0.39 is 0 Å². The normalized spacial score (nSPS) is 10.6. The lowest BCUT2D eigenvalue weighted by molar-refractivity contribution is 0.284. The van der Waals surface area contributed by atoms with Gasteiger partial charge in [0.15, 0.2) is 0 Å². The fourth-order valence-corrected chi connectivity index (χ4v) is 2.24. The molecule has 0 saturated heterocycles. The van der Waals surface area contributed by atoms with Crippen LogP contribution in [0.25, 0.3) is 10.6 Å². The van der Waals surface area contributed by atoms with Gasteiger partial charge in [-0.3, -0.25) is 0 Å². The van der Waals surface area contributed by atoms with Gasteiger partial charge in [0.25, 0.3) is 0 Å². The van der Waals surface area contributed by atoms with Crippen LogP contribution in [-0.2, 0) is 6.61 Å². The predicted octanol–water partition coefficient (Wildman–Crippen LogP) is 2.75. The van der Waals surface area contributed by atoms with E-state index in [1.807, 2.05) is 13.0 Å². The van der Waals surface area contributed by atoms with Crippen molar-refractivity contribution in [3.8, 4) is 10.6 Å². The molecule has 0 radical (unpaired) electrons. The topological polar surface area (TPSA) is 33.1 Å². The fraction of sp³-hybridized carbons (Fsp3) is 0.182. The summed E-state index contributed by atoms with van der Waals surface area (Å²) in [6.45, 7) is 1.82. The van der Waals surface area contributed by atoms with Crippen LogP contribution in [0, 0.1) is 12.7 Å². The molecule has 0 aliphatic carbocycles. The molecule has 1 N–H and O–H groups in total. The second-order valence-corrected chi connectivity index (χ2v) is 4.28. The third-order valence-electron chi connectivity index (χ3n) is 2.11. The van der Waals surface area contributed by atoms with Gasteiger partial charge in [0, 0.05) is 5.56 Å². The molecular formula is C11H10FNOS. The minimum atomic E-state index is -0.272. The van der Waals surface area contributed by atoms with E-state index in [0.29, 0.717) is 0 Å². The van der Waals surface area contributed by atoms with E-state index in [1.54, 1.807) is 6.07 Å². The summed E-state index contributed by atoms with van der Waals surface area (Å²) in [4.78, 5) is 5.11. The number of aryl methyl sites for hydroxylation is 1. The molecule has 15 heavy (non-hydrogen) atoms. The van der Waals surface area contributed by atoms with Crippen LogP contribution in [0.2, 0.25) is 0 Å². The van der Waals surface area contributed by atoms with E-state index >= 15 is 0 Å². The molecule has 2 nitrogen and oxygen atoms in total. The lowest BCUT2D eigenvalue weighted by Gasteiger charge is -1.94. The molecule has 1 heterocycles. The van der Waals surface area contributed by atoms with Crippen LogP contribution in [0.3, 0.4) is 0 Å². The maximum absolute atomic E-state index is 13.0. The number of thiazole rings is 1. The van der Waals surface area contributed by atoms with Crippen molar-refractivity contribution in [1.82, 2.24) is 4.98 Å². The van der Waals surface area contributed by atoms with E-state index in [0.717, 1.165) is 21.1 Å². The number of benzene rings is 1. The number of aliphatic hydroxyl groups is 1. The van der Waals surface area contributed by atoms with Crippen molar-refractivity contribution in [3.63, 3.8) is 0 Å². The van der Waals surface area contributed by atoms with Gasteiger partial charge >= 0.3 is 0 Å². The molecular weight excluding hydrogens is 213 g/mol. The molecule has 2 aromatic rings. The van der Waals surface area contributed by atoms with E-state index in [9.17, 15) is 4.39 Å². The van der Waals surface area contributed by atoms with Crippen molar-refractivity contribution >= 4 is 11.3 Å². The average Bonchev–Trinajstić information content (AvgIpc) is 2.60. The summed E-state index contributed by atoms with van der Waals surface area (Å²) in [5.74, 6) is -0.272. The highest BCUT2D eigenvalue weighted by Gasteiger charge is 2.08. The molecule has 2 rings (SSSR count). The minimum absolute atomic E-state index is 0.0151. The Labute approximate surface area is 91.0 Å². The van der Waals surface area contributed by atoms with Gasteiger partial charge in [-0.05, 0) is 19.1 Å². The third-order valence-corrected chi connectivity index (χ3v) is 3.30. The zero-order chi connectivity index (χ0) is 10.8. The van der Waals surface area contributed by atoms with Gasteiger partial charge < -0.3 is 5.11 Å². The molecule has 0 atom stereocenters. The molecule has 78 valence electrons. The van der Waals surface area contributed by atoms with Crippen LogP contribution in [0.5, 0.6) is 0 Å². The number of rotatable bonds is 2. The first-order chi connectivity index (χ1) is 7.20. The molecule has 0 aliphatic rings. The first-order valence-corrected chi connectivity index (χ1v) is 5.35. The Morgan fingerprint density at radius 2 is 2.27 bits per heavy atom. The Balaban J connectivity index is 2.45. The number of halogens is 1. The third kappa shape index (κ3) is 2.06. The van der Waals surface area contributed by atoms with E-state index in [4.69, 9.17) is 5.11 Å². The predicted molar refractivity (Wildman–Crippen MR) is 58.2 cm³/mol.